The van der Waals surface area contributed by atoms with Crippen LogP contribution in [0.3, 0.4) is 0 Å². The minimum absolute atomic E-state index is 0.166. The second kappa shape index (κ2) is 5.43. The standard InChI is InChI=1S/C15H27N3/c1-12-13(10-16-15(2,3)4)11-18(17-12)14-8-6-5-7-9-14/h11,14,16H,5-10H2,1-4H3. The van der Waals surface area contributed by atoms with Gasteiger partial charge < -0.3 is 5.32 Å². The molecule has 1 N–H and O–H groups in total. The van der Waals surface area contributed by atoms with Crippen LogP contribution in [0.4, 0.5) is 0 Å². The quantitative estimate of drug-likeness (QED) is 0.887. The lowest BCUT2D eigenvalue weighted by atomic mass is 9.96. The van der Waals surface area contributed by atoms with E-state index in [1.54, 1.807) is 0 Å². The molecule has 0 amide bonds. The summed E-state index contributed by atoms with van der Waals surface area (Å²) >= 11 is 0. The highest BCUT2D eigenvalue weighted by Gasteiger charge is 2.18. The van der Waals surface area contributed by atoms with Crippen molar-refractivity contribution in [2.24, 2.45) is 0 Å². The lowest BCUT2D eigenvalue weighted by Crippen LogP contribution is -2.35. The van der Waals surface area contributed by atoms with Crippen molar-refractivity contribution in [2.45, 2.75) is 77.9 Å². The summed E-state index contributed by atoms with van der Waals surface area (Å²) in [5.41, 5.74) is 2.69. The fourth-order valence-corrected chi connectivity index (χ4v) is 2.59. The minimum atomic E-state index is 0.166. The number of aryl methyl sites for hydroxylation is 1. The van der Waals surface area contributed by atoms with Crippen molar-refractivity contribution >= 4 is 0 Å². The van der Waals surface area contributed by atoms with Crippen LogP contribution in [0.5, 0.6) is 0 Å². The first-order valence-corrected chi connectivity index (χ1v) is 7.25. The Bertz CT molecular complexity index is 381. The van der Waals surface area contributed by atoms with Crippen molar-refractivity contribution in [1.82, 2.24) is 15.1 Å². The van der Waals surface area contributed by atoms with E-state index in [-0.39, 0.29) is 5.54 Å². The van der Waals surface area contributed by atoms with Gasteiger partial charge in [-0.15, -0.1) is 0 Å². The second-order valence-corrected chi connectivity index (χ2v) is 6.62. The molecule has 0 atom stereocenters. The van der Waals surface area contributed by atoms with Gasteiger partial charge in [0.25, 0.3) is 0 Å². The zero-order valence-electron chi connectivity index (χ0n) is 12.3. The number of aromatic nitrogens is 2. The third kappa shape index (κ3) is 3.58. The van der Waals surface area contributed by atoms with Gasteiger partial charge in [-0.1, -0.05) is 19.3 Å². The van der Waals surface area contributed by atoms with Crippen LogP contribution in [-0.2, 0) is 6.54 Å². The summed E-state index contributed by atoms with van der Waals surface area (Å²) in [6.07, 6.45) is 8.97. The van der Waals surface area contributed by atoms with Gasteiger partial charge in [0.1, 0.15) is 0 Å². The lowest BCUT2D eigenvalue weighted by Gasteiger charge is -2.22. The van der Waals surface area contributed by atoms with Gasteiger partial charge in [-0.2, -0.15) is 5.10 Å². The van der Waals surface area contributed by atoms with Crippen molar-refractivity contribution in [3.8, 4) is 0 Å². The van der Waals surface area contributed by atoms with Gasteiger partial charge in [0, 0.05) is 23.8 Å². The molecule has 1 heterocycles. The Morgan fingerprint density at radius 3 is 2.56 bits per heavy atom. The zero-order valence-corrected chi connectivity index (χ0v) is 12.3. The zero-order chi connectivity index (χ0) is 13.2. The predicted molar refractivity (Wildman–Crippen MR) is 75.7 cm³/mol. The molecule has 1 aliphatic carbocycles. The van der Waals surface area contributed by atoms with Gasteiger partial charge in [0.05, 0.1) is 11.7 Å². The van der Waals surface area contributed by atoms with Gasteiger partial charge in [0.2, 0.25) is 0 Å². The van der Waals surface area contributed by atoms with Crippen LogP contribution < -0.4 is 5.32 Å². The molecule has 0 saturated heterocycles. The molecule has 1 fully saturated rings. The number of hydrogen-bond donors (Lipinski definition) is 1. The smallest absolute Gasteiger partial charge is 0.0638 e. The maximum absolute atomic E-state index is 4.71. The normalized spacial score (nSPS) is 18.2. The van der Waals surface area contributed by atoms with E-state index in [1.807, 2.05) is 0 Å². The van der Waals surface area contributed by atoms with Crippen LogP contribution in [-0.4, -0.2) is 15.3 Å². The van der Waals surface area contributed by atoms with E-state index in [0.717, 1.165) is 6.54 Å². The lowest BCUT2D eigenvalue weighted by molar-refractivity contribution is 0.328. The molecular weight excluding hydrogens is 222 g/mol. The van der Waals surface area contributed by atoms with Crippen LogP contribution in [0.1, 0.15) is 70.2 Å². The molecule has 0 spiro atoms. The van der Waals surface area contributed by atoms with E-state index < -0.39 is 0 Å². The molecule has 3 nitrogen and oxygen atoms in total. The maximum atomic E-state index is 4.71. The number of nitrogens with zero attached hydrogens (tertiary/aromatic N) is 2. The molecule has 2 rings (SSSR count). The average molecular weight is 249 g/mol. The van der Waals surface area contributed by atoms with Crippen LogP contribution in [0, 0.1) is 6.92 Å². The summed E-state index contributed by atoms with van der Waals surface area (Å²) in [6, 6.07) is 0.640. The summed E-state index contributed by atoms with van der Waals surface area (Å²) in [5, 5.41) is 8.25. The summed E-state index contributed by atoms with van der Waals surface area (Å²) in [7, 11) is 0. The van der Waals surface area contributed by atoms with Gasteiger partial charge >= 0.3 is 0 Å². The van der Waals surface area contributed by atoms with Crippen LogP contribution >= 0.6 is 0 Å². The van der Waals surface area contributed by atoms with Crippen molar-refractivity contribution in [3.63, 3.8) is 0 Å². The summed E-state index contributed by atoms with van der Waals surface area (Å²) in [6.45, 7) is 9.65. The van der Waals surface area contributed by atoms with E-state index in [2.05, 4.69) is 43.9 Å². The molecule has 0 unspecified atom stereocenters. The first-order chi connectivity index (χ1) is 8.46. The third-order valence-corrected chi connectivity index (χ3v) is 3.78. The molecule has 18 heavy (non-hydrogen) atoms. The van der Waals surface area contributed by atoms with E-state index in [0.29, 0.717) is 6.04 Å². The van der Waals surface area contributed by atoms with Crippen LogP contribution in [0.15, 0.2) is 6.20 Å². The molecule has 102 valence electrons. The molecule has 0 aliphatic heterocycles. The molecule has 1 aliphatic rings. The van der Waals surface area contributed by atoms with Crippen LogP contribution in [0.2, 0.25) is 0 Å². The molecule has 3 heteroatoms. The van der Waals surface area contributed by atoms with E-state index in [1.165, 1.54) is 43.4 Å². The fraction of sp³-hybridized carbons (Fsp3) is 0.800. The Balaban J connectivity index is 2.02. The molecule has 0 aromatic carbocycles. The van der Waals surface area contributed by atoms with E-state index in [4.69, 9.17) is 5.10 Å². The molecule has 1 saturated carbocycles. The van der Waals surface area contributed by atoms with Crippen molar-refractivity contribution < 1.29 is 0 Å². The Hall–Kier alpha value is -0.830. The first-order valence-electron chi connectivity index (χ1n) is 7.25. The number of nitrogens with one attached hydrogen (secondary N) is 1. The molecule has 0 radical (unpaired) electrons. The van der Waals surface area contributed by atoms with Crippen molar-refractivity contribution in [3.05, 3.63) is 17.5 Å². The molecular formula is C15H27N3. The van der Waals surface area contributed by atoms with Crippen molar-refractivity contribution in [1.29, 1.82) is 0 Å². The minimum Gasteiger partial charge on any atom is -0.308 e. The predicted octanol–water partition coefficient (Wildman–Crippen LogP) is 3.58. The Kier molecular flexibility index (Phi) is 4.10. The Morgan fingerprint density at radius 2 is 1.94 bits per heavy atom. The van der Waals surface area contributed by atoms with Gasteiger partial charge in [-0.25, -0.2) is 0 Å². The summed E-state index contributed by atoms with van der Waals surface area (Å²) in [5.74, 6) is 0. The first kappa shape index (κ1) is 13.6. The summed E-state index contributed by atoms with van der Waals surface area (Å²) < 4.78 is 2.22. The second-order valence-electron chi connectivity index (χ2n) is 6.62. The maximum Gasteiger partial charge on any atom is 0.0638 e. The monoisotopic (exact) mass is 249 g/mol. The highest BCUT2D eigenvalue weighted by atomic mass is 15.3. The van der Waals surface area contributed by atoms with Gasteiger partial charge in [0.15, 0.2) is 0 Å². The van der Waals surface area contributed by atoms with Gasteiger partial charge in [-0.3, -0.25) is 4.68 Å². The number of rotatable bonds is 3. The van der Waals surface area contributed by atoms with E-state index >= 15 is 0 Å². The Morgan fingerprint density at radius 1 is 1.28 bits per heavy atom. The molecule has 1 aromatic rings. The highest BCUT2D eigenvalue weighted by molar-refractivity contribution is 5.16. The van der Waals surface area contributed by atoms with Crippen molar-refractivity contribution in [2.75, 3.05) is 0 Å². The van der Waals surface area contributed by atoms with E-state index in [9.17, 15) is 0 Å². The molecule has 1 aromatic heterocycles. The Labute approximate surface area is 111 Å². The van der Waals surface area contributed by atoms with Gasteiger partial charge in [-0.05, 0) is 40.5 Å². The topological polar surface area (TPSA) is 29.9 Å². The SMILES string of the molecule is Cc1nn(C2CCCCC2)cc1CNC(C)(C)C. The number of hydrogen-bond acceptors (Lipinski definition) is 2. The summed E-state index contributed by atoms with van der Waals surface area (Å²) in [4.78, 5) is 0. The van der Waals surface area contributed by atoms with Crippen LogP contribution in [0.25, 0.3) is 0 Å². The third-order valence-electron chi connectivity index (χ3n) is 3.78. The largest absolute Gasteiger partial charge is 0.308 e. The fourth-order valence-electron chi connectivity index (χ4n) is 2.59. The highest BCUT2D eigenvalue weighted by Crippen LogP contribution is 2.28. The molecule has 0 bridgehead atoms. The average Bonchev–Trinajstić information content (AvgIpc) is 2.68.